The summed E-state index contributed by atoms with van der Waals surface area (Å²) < 4.78 is 0. The average Bonchev–Trinajstić information content (AvgIpc) is 2.33. The molecule has 96 valence electrons. The lowest BCUT2D eigenvalue weighted by molar-refractivity contribution is -0.125. The van der Waals surface area contributed by atoms with Crippen LogP contribution in [-0.2, 0) is 4.79 Å². The van der Waals surface area contributed by atoms with Gasteiger partial charge in [0.15, 0.2) is 0 Å². The summed E-state index contributed by atoms with van der Waals surface area (Å²) in [4.78, 5) is 24.7. The van der Waals surface area contributed by atoms with Gasteiger partial charge < -0.3 is 4.90 Å². The van der Waals surface area contributed by atoms with Gasteiger partial charge in [0.1, 0.15) is 0 Å². The van der Waals surface area contributed by atoms with E-state index in [-0.39, 0.29) is 17.9 Å². The van der Waals surface area contributed by atoms with Crippen molar-refractivity contribution >= 4 is 11.9 Å². The van der Waals surface area contributed by atoms with Crippen molar-refractivity contribution in [2.45, 2.75) is 45.4 Å². The third-order valence-electron chi connectivity index (χ3n) is 3.99. The van der Waals surface area contributed by atoms with E-state index in [0.29, 0.717) is 6.54 Å². The third kappa shape index (κ3) is 3.20. The maximum Gasteiger partial charge on any atom is 0.324 e. The molecule has 0 aromatic rings. The number of urea groups is 1. The van der Waals surface area contributed by atoms with Gasteiger partial charge in [-0.25, -0.2) is 4.79 Å². The zero-order valence-corrected chi connectivity index (χ0v) is 10.6. The number of carbonyl (C=O) groups is 2. The molecular weight excluding hydrogens is 216 g/mol. The lowest BCUT2D eigenvalue weighted by Gasteiger charge is -2.32. The molecule has 1 unspecified atom stereocenters. The van der Waals surface area contributed by atoms with Gasteiger partial charge >= 0.3 is 6.03 Å². The van der Waals surface area contributed by atoms with Gasteiger partial charge in [0, 0.05) is 13.1 Å². The van der Waals surface area contributed by atoms with Gasteiger partial charge in [0.2, 0.25) is 5.91 Å². The summed E-state index contributed by atoms with van der Waals surface area (Å²) >= 11 is 0. The maximum absolute atomic E-state index is 11.6. The van der Waals surface area contributed by atoms with Gasteiger partial charge in [-0.2, -0.15) is 0 Å². The predicted molar refractivity (Wildman–Crippen MR) is 65.5 cm³/mol. The third-order valence-corrected chi connectivity index (χ3v) is 3.99. The van der Waals surface area contributed by atoms with Crippen molar-refractivity contribution in [3.63, 3.8) is 0 Å². The minimum absolute atomic E-state index is 0.0703. The van der Waals surface area contributed by atoms with Crippen molar-refractivity contribution in [1.29, 1.82) is 0 Å². The van der Waals surface area contributed by atoms with Crippen LogP contribution >= 0.6 is 0 Å². The fourth-order valence-electron chi connectivity index (χ4n) is 2.81. The summed E-state index contributed by atoms with van der Waals surface area (Å²) in [5, 5.41) is 2.41. The van der Waals surface area contributed by atoms with Crippen LogP contribution in [0, 0.1) is 11.8 Å². The zero-order valence-electron chi connectivity index (χ0n) is 10.6. The number of nitrogens with one attached hydrogen (secondary N) is 1. The van der Waals surface area contributed by atoms with Crippen LogP contribution in [0.4, 0.5) is 4.79 Å². The topological polar surface area (TPSA) is 49.4 Å². The summed E-state index contributed by atoms with van der Waals surface area (Å²) in [5.74, 6) is 0.576. The summed E-state index contributed by atoms with van der Waals surface area (Å²) in [6.45, 7) is 3.25. The molecule has 1 aliphatic carbocycles. The molecule has 1 heterocycles. The monoisotopic (exact) mass is 238 g/mol. The van der Waals surface area contributed by atoms with E-state index in [2.05, 4.69) is 5.32 Å². The molecule has 0 aromatic heterocycles. The number of imide groups is 1. The second-order valence-corrected chi connectivity index (χ2v) is 5.43. The molecule has 2 rings (SSSR count). The Hall–Kier alpha value is -1.06. The van der Waals surface area contributed by atoms with Gasteiger partial charge in [0.25, 0.3) is 0 Å². The standard InChI is InChI=1S/C13H22N2O2/c1-10-9-15(13(17)14-12(10)16)8-7-11-5-3-2-4-6-11/h10-11H,2-9H2,1H3,(H,14,16,17). The highest BCUT2D eigenvalue weighted by molar-refractivity contribution is 5.97. The van der Waals surface area contributed by atoms with Crippen molar-refractivity contribution in [1.82, 2.24) is 10.2 Å². The van der Waals surface area contributed by atoms with Gasteiger partial charge in [-0.1, -0.05) is 39.0 Å². The quantitative estimate of drug-likeness (QED) is 0.819. The highest BCUT2D eigenvalue weighted by Crippen LogP contribution is 2.26. The second kappa shape index (κ2) is 5.52. The number of hydrogen-bond acceptors (Lipinski definition) is 2. The van der Waals surface area contributed by atoms with Crippen molar-refractivity contribution < 1.29 is 9.59 Å². The Bertz CT molecular complexity index is 298. The zero-order chi connectivity index (χ0) is 12.3. The molecule has 0 bridgehead atoms. The van der Waals surface area contributed by atoms with E-state index in [1.807, 2.05) is 6.92 Å². The normalized spacial score (nSPS) is 27.1. The molecule has 0 radical (unpaired) electrons. The molecule has 1 saturated carbocycles. The summed E-state index contributed by atoms with van der Waals surface area (Å²) in [6, 6.07) is -0.205. The minimum atomic E-state index is -0.205. The first-order valence-electron chi connectivity index (χ1n) is 6.76. The maximum atomic E-state index is 11.6. The van der Waals surface area contributed by atoms with Gasteiger partial charge in [-0.15, -0.1) is 0 Å². The molecule has 4 nitrogen and oxygen atoms in total. The van der Waals surface area contributed by atoms with Crippen molar-refractivity contribution in [2.75, 3.05) is 13.1 Å². The van der Waals surface area contributed by atoms with Crippen LogP contribution < -0.4 is 5.32 Å². The molecule has 4 heteroatoms. The van der Waals surface area contributed by atoms with Crippen LogP contribution in [0.3, 0.4) is 0 Å². The van der Waals surface area contributed by atoms with Crippen LogP contribution in [-0.4, -0.2) is 29.9 Å². The molecule has 2 aliphatic rings. The molecule has 1 atom stereocenters. The largest absolute Gasteiger partial charge is 0.324 e. The van der Waals surface area contributed by atoms with Crippen LogP contribution in [0.15, 0.2) is 0 Å². The Kier molecular flexibility index (Phi) is 4.02. The smallest absolute Gasteiger partial charge is 0.324 e. The lowest BCUT2D eigenvalue weighted by atomic mass is 9.87. The average molecular weight is 238 g/mol. The highest BCUT2D eigenvalue weighted by Gasteiger charge is 2.29. The Labute approximate surface area is 103 Å². The summed E-state index contributed by atoms with van der Waals surface area (Å²) in [5.41, 5.74) is 0. The van der Waals surface area contributed by atoms with E-state index in [1.54, 1.807) is 4.90 Å². The molecule has 0 spiro atoms. The highest BCUT2D eigenvalue weighted by atomic mass is 16.2. The first-order valence-corrected chi connectivity index (χ1v) is 6.76. The molecule has 1 N–H and O–H groups in total. The molecule has 2 fully saturated rings. The van der Waals surface area contributed by atoms with Crippen molar-refractivity contribution in [3.8, 4) is 0 Å². The SMILES string of the molecule is CC1CN(CCC2CCCCC2)C(=O)NC1=O. The van der Waals surface area contributed by atoms with Crippen molar-refractivity contribution in [3.05, 3.63) is 0 Å². The Balaban J connectivity index is 1.78. The summed E-state index contributed by atoms with van der Waals surface area (Å²) in [6.07, 6.45) is 7.76. The Morgan fingerprint density at radius 2 is 1.94 bits per heavy atom. The number of nitrogens with zero attached hydrogens (tertiary/aromatic N) is 1. The fraction of sp³-hybridized carbons (Fsp3) is 0.846. The van der Waals surface area contributed by atoms with Crippen LogP contribution in [0.5, 0.6) is 0 Å². The van der Waals surface area contributed by atoms with Crippen LogP contribution in [0.1, 0.15) is 45.4 Å². The number of amides is 3. The molecule has 3 amide bonds. The molecule has 1 aliphatic heterocycles. The fourth-order valence-corrected chi connectivity index (χ4v) is 2.81. The van der Waals surface area contributed by atoms with E-state index in [1.165, 1.54) is 32.1 Å². The second-order valence-electron chi connectivity index (χ2n) is 5.43. The summed E-state index contributed by atoms with van der Waals surface area (Å²) in [7, 11) is 0. The molecular formula is C13H22N2O2. The van der Waals surface area contributed by atoms with Gasteiger partial charge in [-0.05, 0) is 12.3 Å². The van der Waals surface area contributed by atoms with Gasteiger partial charge in [-0.3, -0.25) is 10.1 Å². The van der Waals surface area contributed by atoms with Crippen LogP contribution in [0.2, 0.25) is 0 Å². The first-order chi connectivity index (χ1) is 8.16. The minimum Gasteiger partial charge on any atom is -0.324 e. The predicted octanol–water partition coefficient (Wildman–Crippen LogP) is 2.14. The van der Waals surface area contributed by atoms with Crippen molar-refractivity contribution in [2.24, 2.45) is 11.8 Å². The van der Waals surface area contributed by atoms with E-state index in [0.717, 1.165) is 18.9 Å². The van der Waals surface area contributed by atoms with E-state index < -0.39 is 0 Å². The number of carbonyl (C=O) groups excluding carboxylic acids is 2. The molecule has 1 saturated heterocycles. The number of rotatable bonds is 3. The lowest BCUT2D eigenvalue weighted by Crippen LogP contribution is -2.54. The Morgan fingerprint density at radius 3 is 2.65 bits per heavy atom. The van der Waals surface area contributed by atoms with Crippen LogP contribution in [0.25, 0.3) is 0 Å². The molecule has 0 aromatic carbocycles. The van der Waals surface area contributed by atoms with E-state index in [9.17, 15) is 9.59 Å². The number of hydrogen-bond donors (Lipinski definition) is 1. The Morgan fingerprint density at radius 1 is 1.24 bits per heavy atom. The van der Waals surface area contributed by atoms with Gasteiger partial charge in [0.05, 0.1) is 5.92 Å². The first kappa shape index (κ1) is 12.4. The van der Waals surface area contributed by atoms with E-state index >= 15 is 0 Å². The molecule has 17 heavy (non-hydrogen) atoms. The van der Waals surface area contributed by atoms with E-state index in [4.69, 9.17) is 0 Å².